The molecule has 0 unspecified atom stereocenters. The van der Waals surface area contributed by atoms with E-state index in [9.17, 15) is 29.6 Å². The summed E-state index contributed by atoms with van der Waals surface area (Å²) in [5.74, 6) is -1.82. The first-order chi connectivity index (χ1) is 14.2. The first-order valence-electron chi connectivity index (χ1n) is 8.65. The molecule has 0 fully saturated rings. The number of ether oxygens (including phenoxy) is 2. The van der Waals surface area contributed by atoms with Crippen LogP contribution >= 0.6 is 0 Å². The number of aromatic hydroxyl groups is 1. The lowest BCUT2D eigenvalue weighted by Crippen LogP contribution is -2.35. The van der Waals surface area contributed by atoms with Gasteiger partial charge in [-0.05, 0) is 24.6 Å². The Balaban J connectivity index is 2.32. The van der Waals surface area contributed by atoms with Gasteiger partial charge in [0.2, 0.25) is 5.75 Å². The van der Waals surface area contributed by atoms with Gasteiger partial charge in [-0.25, -0.2) is 14.5 Å². The zero-order valence-corrected chi connectivity index (χ0v) is 16.1. The average Bonchev–Trinajstić information content (AvgIpc) is 2.73. The molecule has 10 heteroatoms. The number of nitro groups is 1. The largest absolute Gasteiger partial charge is 0.499 e. The summed E-state index contributed by atoms with van der Waals surface area (Å²) >= 11 is 0. The van der Waals surface area contributed by atoms with Crippen LogP contribution in [0.15, 0.2) is 48.5 Å². The molecule has 0 heterocycles. The quantitative estimate of drug-likeness (QED) is 0.326. The minimum Gasteiger partial charge on any atom is -0.499 e. The van der Waals surface area contributed by atoms with E-state index in [-0.39, 0.29) is 18.0 Å². The predicted octanol–water partition coefficient (Wildman–Crippen LogP) is 3.78. The minimum absolute atomic E-state index is 0.0168. The molecule has 2 rings (SSSR count). The molecule has 0 bridgehead atoms. The number of benzene rings is 2. The zero-order chi connectivity index (χ0) is 22.3. The van der Waals surface area contributed by atoms with Gasteiger partial charge in [0.25, 0.3) is 0 Å². The molecule has 10 nitrogen and oxygen atoms in total. The molecule has 30 heavy (non-hydrogen) atoms. The molecule has 0 aliphatic heterocycles. The molecule has 0 saturated carbocycles. The van der Waals surface area contributed by atoms with E-state index >= 15 is 0 Å². The highest BCUT2D eigenvalue weighted by Crippen LogP contribution is 2.37. The van der Waals surface area contributed by atoms with Gasteiger partial charge in [-0.2, -0.15) is 0 Å². The molecule has 0 spiro atoms. The predicted molar refractivity (Wildman–Crippen MR) is 105 cm³/mol. The molecule has 1 N–H and O–H groups in total. The topological polar surface area (TPSA) is 136 Å². The number of carbonyl (C=O) groups excluding carboxylic acids is 3. The first kappa shape index (κ1) is 22.1. The maximum Gasteiger partial charge on any atom is 0.424 e. The Hall–Kier alpha value is -4.21. The second-order valence-electron chi connectivity index (χ2n) is 5.83. The molecular weight excluding hydrogens is 396 g/mol. The van der Waals surface area contributed by atoms with Gasteiger partial charge < -0.3 is 14.6 Å². The molecule has 0 aliphatic carbocycles. The number of hydrogen-bond donors (Lipinski definition) is 1. The van der Waals surface area contributed by atoms with Crippen molar-refractivity contribution in [3.8, 4) is 11.5 Å². The molecule has 0 saturated heterocycles. The molecule has 0 atom stereocenters. The Kier molecular flexibility index (Phi) is 7.23. The number of amides is 2. The number of imide groups is 1. The lowest BCUT2D eigenvalue weighted by molar-refractivity contribution is -0.385. The average molecular weight is 414 g/mol. The van der Waals surface area contributed by atoms with Crippen LogP contribution in [0.25, 0.3) is 6.08 Å². The number of hydrogen-bond acceptors (Lipinski definition) is 8. The van der Waals surface area contributed by atoms with E-state index in [1.54, 1.807) is 37.3 Å². The Morgan fingerprint density at radius 1 is 1.17 bits per heavy atom. The van der Waals surface area contributed by atoms with E-state index < -0.39 is 34.3 Å². The maximum atomic E-state index is 12.2. The number of rotatable bonds is 6. The van der Waals surface area contributed by atoms with Crippen LogP contribution in [-0.4, -0.2) is 46.6 Å². The van der Waals surface area contributed by atoms with Gasteiger partial charge >= 0.3 is 17.9 Å². The first-order valence-corrected chi connectivity index (χ1v) is 8.65. The van der Waals surface area contributed by atoms with Gasteiger partial charge in [-0.1, -0.05) is 36.4 Å². The Morgan fingerprint density at radius 2 is 1.83 bits per heavy atom. The zero-order valence-electron chi connectivity index (χ0n) is 16.1. The summed E-state index contributed by atoms with van der Waals surface area (Å²) in [4.78, 5) is 46.7. The number of nitrogens with zero attached hydrogens (tertiary/aromatic N) is 2. The van der Waals surface area contributed by atoms with E-state index in [1.165, 1.54) is 12.2 Å². The van der Waals surface area contributed by atoms with Gasteiger partial charge in [-0.15, -0.1) is 0 Å². The number of phenols is 1. The van der Waals surface area contributed by atoms with E-state index in [4.69, 9.17) is 4.74 Å². The van der Waals surface area contributed by atoms with Crippen LogP contribution in [0.2, 0.25) is 0 Å². The smallest absolute Gasteiger partial charge is 0.424 e. The third-order valence-corrected chi connectivity index (χ3v) is 3.77. The molecule has 2 aromatic rings. The molecular formula is C20H18N2O8. The van der Waals surface area contributed by atoms with Crippen molar-refractivity contribution in [1.29, 1.82) is 0 Å². The summed E-state index contributed by atoms with van der Waals surface area (Å²) in [6.45, 7) is 1.56. The van der Waals surface area contributed by atoms with E-state index in [2.05, 4.69) is 4.74 Å². The van der Waals surface area contributed by atoms with Gasteiger partial charge in [0.05, 0.1) is 11.5 Å². The normalized spacial score (nSPS) is 10.5. The second kappa shape index (κ2) is 9.82. The fourth-order valence-corrected chi connectivity index (χ4v) is 2.25. The summed E-state index contributed by atoms with van der Waals surface area (Å²) in [6, 6.07) is 10.4. The van der Waals surface area contributed by atoms with Crippen molar-refractivity contribution < 1.29 is 33.9 Å². The van der Waals surface area contributed by atoms with Gasteiger partial charge in [-0.3, -0.25) is 14.9 Å². The van der Waals surface area contributed by atoms with E-state index in [1.807, 2.05) is 0 Å². The number of carbonyl (C=O) groups is 3. The van der Waals surface area contributed by atoms with Crippen molar-refractivity contribution >= 4 is 29.7 Å². The molecule has 2 aromatic carbocycles. The third kappa shape index (κ3) is 5.41. The third-order valence-electron chi connectivity index (χ3n) is 3.77. The maximum absolute atomic E-state index is 12.2. The van der Waals surface area contributed by atoms with Gasteiger partial charge in [0.1, 0.15) is 0 Å². The fourth-order valence-electron chi connectivity index (χ4n) is 2.25. The second-order valence-corrected chi connectivity index (χ2v) is 5.83. The summed E-state index contributed by atoms with van der Waals surface area (Å²) in [6.07, 6.45) is 0.233. The highest BCUT2D eigenvalue weighted by atomic mass is 16.6. The van der Waals surface area contributed by atoms with Crippen molar-refractivity contribution in [2.75, 3.05) is 13.7 Å². The number of allylic oxidation sites excluding steroid dienone is 1. The molecule has 0 aromatic heterocycles. The van der Waals surface area contributed by atoms with Crippen LogP contribution in [-0.2, 0) is 4.74 Å². The lowest BCUT2D eigenvalue weighted by atomic mass is 10.1. The standard InChI is InChI=1S/C20H18N2O8/c1-3-29-19(25)21(2)20(26)30-17-12-13(11-15(18(17)24)22(27)28)9-10-16(23)14-7-5-4-6-8-14/h4-12,24H,3H2,1-2H3. The Labute approximate surface area is 171 Å². The number of phenolic OH excluding ortho intramolecular Hbond substituents is 1. The van der Waals surface area contributed by atoms with Crippen LogP contribution in [0, 0.1) is 10.1 Å². The molecule has 2 amide bonds. The fraction of sp³-hybridized carbons (Fsp3) is 0.150. The Morgan fingerprint density at radius 3 is 2.43 bits per heavy atom. The van der Waals surface area contributed by atoms with Crippen LogP contribution in [0.5, 0.6) is 11.5 Å². The highest BCUT2D eigenvalue weighted by molar-refractivity contribution is 6.06. The SMILES string of the molecule is CCOC(=O)N(C)C(=O)Oc1cc(C=CC(=O)c2ccccc2)cc([N+](=O)[O-])c1O. The number of ketones is 1. The number of nitro benzene ring substituents is 1. The Bertz CT molecular complexity index is 1000. The highest BCUT2D eigenvalue weighted by Gasteiger charge is 2.25. The monoisotopic (exact) mass is 414 g/mol. The summed E-state index contributed by atoms with van der Waals surface area (Å²) in [5.41, 5.74) is -0.221. The van der Waals surface area contributed by atoms with Crippen LogP contribution < -0.4 is 4.74 Å². The van der Waals surface area contributed by atoms with Crippen LogP contribution in [0.3, 0.4) is 0 Å². The molecule has 0 aliphatic rings. The van der Waals surface area contributed by atoms with Crippen molar-refractivity contribution in [2.24, 2.45) is 0 Å². The molecule has 156 valence electrons. The van der Waals surface area contributed by atoms with Crippen molar-refractivity contribution in [3.63, 3.8) is 0 Å². The van der Waals surface area contributed by atoms with Gasteiger partial charge in [0.15, 0.2) is 11.5 Å². The summed E-state index contributed by atoms with van der Waals surface area (Å²) in [7, 11) is 1.08. The minimum atomic E-state index is -1.22. The molecule has 0 radical (unpaired) electrons. The van der Waals surface area contributed by atoms with Crippen molar-refractivity contribution in [3.05, 3.63) is 69.8 Å². The van der Waals surface area contributed by atoms with E-state index in [0.717, 1.165) is 19.2 Å². The van der Waals surface area contributed by atoms with Crippen molar-refractivity contribution in [1.82, 2.24) is 4.90 Å². The summed E-state index contributed by atoms with van der Waals surface area (Å²) in [5, 5.41) is 21.3. The van der Waals surface area contributed by atoms with Crippen LogP contribution in [0.4, 0.5) is 15.3 Å². The van der Waals surface area contributed by atoms with Crippen LogP contribution in [0.1, 0.15) is 22.8 Å². The summed E-state index contributed by atoms with van der Waals surface area (Å²) < 4.78 is 9.56. The van der Waals surface area contributed by atoms with Crippen molar-refractivity contribution in [2.45, 2.75) is 6.92 Å². The van der Waals surface area contributed by atoms with E-state index in [0.29, 0.717) is 10.5 Å². The van der Waals surface area contributed by atoms with Gasteiger partial charge in [0, 0.05) is 18.7 Å². The lowest BCUT2D eigenvalue weighted by Gasteiger charge is -2.15.